The smallest absolute Gasteiger partial charge is 0.296 e. The zero-order valence-corrected chi connectivity index (χ0v) is 12.4. The third-order valence-corrected chi connectivity index (χ3v) is 3.32. The Morgan fingerprint density at radius 1 is 1.32 bits per heavy atom. The van der Waals surface area contributed by atoms with Gasteiger partial charge in [0, 0.05) is 16.1 Å². The molecule has 0 bridgehead atoms. The molecule has 0 spiro atoms. The molecule has 0 fully saturated rings. The van der Waals surface area contributed by atoms with Crippen LogP contribution >= 0.6 is 15.9 Å². The number of nitro benzene ring substituents is 1. The van der Waals surface area contributed by atoms with Crippen molar-refractivity contribution in [2.24, 2.45) is 0 Å². The number of nitrogen functional groups attached to an aromatic ring is 1. The first-order valence-corrected chi connectivity index (χ1v) is 6.58. The topological polar surface area (TPSA) is 98.3 Å². The summed E-state index contributed by atoms with van der Waals surface area (Å²) in [5, 5.41) is 13.2. The van der Waals surface area contributed by atoms with Crippen LogP contribution in [-0.4, -0.2) is 11.2 Å². The van der Waals surface area contributed by atoms with Crippen molar-refractivity contribution in [2.75, 3.05) is 11.1 Å². The first-order chi connectivity index (χ1) is 10.3. The van der Waals surface area contributed by atoms with Crippen LogP contribution in [0.2, 0.25) is 0 Å². The van der Waals surface area contributed by atoms with Gasteiger partial charge in [-0.05, 0) is 18.2 Å². The zero-order chi connectivity index (χ0) is 16.4. The van der Waals surface area contributed by atoms with Gasteiger partial charge in [0.25, 0.3) is 5.69 Å². The first-order valence-electron chi connectivity index (χ1n) is 5.78. The largest absolute Gasteiger partial charge is 0.391 e. The minimum absolute atomic E-state index is 0.113. The number of hydrogen-bond acceptors (Lipinski definition) is 5. The third-order valence-electron chi connectivity index (χ3n) is 2.83. The molecule has 0 aromatic heterocycles. The van der Waals surface area contributed by atoms with E-state index in [2.05, 4.69) is 21.2 Å². The second-order valence-electron chi connectivity index (χ2n) is 4.21. The fourth-order valence-electron chi connectivity index (χ4n) is 1.77. The fourth-order valence-corrected chi connectivity index (χ4v) is 2.10. The normalized spacial score (nSPS) is 10.3. The molecule has 0 atom stereocenters. The Kier molecular flexibility index (Phi) is 4.36. The standard InChI is InChI=1S/C13H8BrF2N3O3/c14-7-1-2-9(8(15)4-7)18-13-6(5-20)3-10(19(21)22)12(17)11(13)16/h1-5,18H,17H2. The lowest BCUT2D eigenvalue weighted by atomic mass is 10.1. The van der Waals surface area contributed by atoms with Crippen LogP contribution < -0.4 is 11.1 Å². The summed E-state index contributed by atoms with van der Waals surface area (Å²) < 4.78 is 28.4. The SMILES string of the molecule is Nc1c([N+](=O)[O-])cc(C=O)c(Nc2ccc(Br)cc2F)c1F. The maximum Gasteiger partial charge on any atom is 0.296 e. The number of aldehydes is 1. The predicted molar refractivity (Wildman–Crippen MR) is 80.2 cm³/mol. The number of nitrogens with zero attached hydrogens (tertiary/aromatic N) is 1. The molecule has 0 amide bonds. The quantitative estimate of drug-likeness (QED) is 0.368. The number of nitro groups is 1. The number of rotatable bonds is 4. The molecule has 0 aliphatic rings. The average molecular weight is 372 g/mol. The number of hydrogen-bond donors (Lipinski definition) is 2. The molecule has 2 aromatic rings. The molecule has 22 heavy (non-hydrogen) atoms. The molecule has 0 aliphatic heterocycles. The highest BCUT2D eigenvalue weighted by Crippen LogP contribution is 2.35. The number of nitrogens with one attached hydrogen (secondary N) is 1. The number of carbonyl (C=O) groups excluding carboxylic acids is 1. The Bertz CT molecular complexity index is 784. The van der Waals surface area contributed by atoms with E-state index in [0.717, 1.165) is 12.1 Å². The van der Waals surface area contributed by atoms with E-state index in [0.29, 0.717) is 4.47 Å². The van der Waals surface area contributed by atoms with Gasteiger partial charge >= 0.3 is 0 Å². The van der Waals surface area contributed by atoms with Gasteiger partial charge in [-0.25, -0.2) is 8.78 Å². The van der Waals surface area contributed by atoms with Crippen LogP contribution in [0.15, 0.2) is 28.7 Å². The molecule has 2 aromatic carbocycles. The number of benzene rings is 2. The summed E-state index contributed by atoms with van der Waals surface area (Å²) >= 11 is 3.07. The fraction of sp³-hybridized carbons (Fsp3) is 0. The van der Waals surface area contributed by atoms with Gasteiger partial charge in [-0.2, -0.15) is 0 Å². The molecule has 0 unspecified atom stereocenters. The number of halogens is 3. The van der Waals surface area contributed by atoms with Crippen LogP contribution in [0.4, 0.5) is 31.5 Å². The van der Waals surface area contributed by atoms with Crippen molar-refractivity contribution < 1.29 is 18.5 Å². The molecule has 114 valence electrons. The van der Waals surface area contributed by atoms with E-state index in [1.54, 1.807) is 0 Å². The van der Waals surface area contributed by atoms with E-state index in [1.807, 2.05) is 0 Å². The summed E-state index contributed by atoms with van der Waals surface area (Å²) in [5.74, 6) is -1.90. The highest BCUT2D eigenvalue weighted by Gasteiger charge is 2.23. The molecular formula is C13H8BrF2N3O3. The van der Waals surface area contributed by atoms with Crippen LogP contribution in [0.1, 0.15) is 10.4 Å². The Morgan fingerprint density at radius 2 is 2.00 bits per heavy atom. The van der Waals surface area contributed by atoms with Crippen molar-refractivity contribution in [3.05, 3.63) is 56.1 Å². The van der Waals surface area contributed by atoms with Crippen molar-refractivity contribution in [3.63, 3.8) is 0 Å². The number of carbonyl (C=O) groups is 1. The van der Waals surface area contributed by atoms with Crippen molar-refractivity contribution >= 4 is 45.0 Å². The van der Waals surface area contributed by atoms with E-state index >= 15 is 0 Å². The highest BCUT2D eigenvalue weighted by molar-refractivity contribution is 9.10. The second-order valence-corrected chi connectivity index (χ2v) is 5.13. The van der Waals surface area contributed by atoms with Crippen LogP contribution in [-0.2, 0) is 0 Å². The Hall–Kier alpha value is -2.55. The summed E-state index contributed by atoms with van der Waals surface area (Å²) in [7, 11) is 0. The van der Waals surface area contributed by atoms with Gasteiger partial charge in [0.2, 0.25) is 0 Å². The van der Waals surface area contributed by atoms with E-state index in [9.17, 15) is 23.7 Å². The predicted octanol–water partition coefficient (Wildman–Crippen LogP) is 3.77. The minimum Gasteiger partial charge on any atom is -0.391 e. The van der Waals surface area contributed by atoms with Crippen LogP contribution in [0, 0.1) is 21.7 Å². The molecular weight excluding hydrogens is 364 g/mol. The first kappa shape index (κ1) is 15.8. The van der Waals surface area contributed by atoms with Crippen molar-refractivity contribution in [3.8, 4) is 0 Å². The van der Waals surface area contributed by atoms with Crippen LogP contribution in [0.5, 0.6) is 0 Å². The molecule has 0 saturated carbocycles. The lowest BCUT2D eigenvalue weighted by molar-refractivity contribution is -0.384. The molecule has 6 nitrogen and oxygen atoms in total. The van der Waals surface area contributed by atoms with E-state index in [4.69, 9.17) is 5.73 Å². The maximum absolute atomic E-state index is 14.2. The van der Waals surface area contributed by atoms with Gasteiger partial charge in [-0.15, -0.1) is 0 Å². The Labute approximate surface area is 131 Å². The molecule has 0 radical (unpaired) electrons. The van der Waals surface area contributed by atoms with Gasteiger partial charge in [0.05, 0.1) is 16.3 Å². The molecule has 3 N–H and O–H groups in total. The summed E-state index contributed by atoms with van der Waals surface area (Å²) in [6, 6.07) is 4.77. The van der Waals surface area contributed by atoms with Gasteiger partial charge in [-0.1, -0.05) is 15.9 Å². The molecule has 0 heterocycles. The summed E-state index contributed by atoms with van der Waals surface area (Å²) in [5.41, 5.74) is 2.98. The van der Waals surface area contributed by atoms with Crippen LogP contribution in [0.3, 0.4) is 0 Å². The Morgan fingerprint density at radius 3 is 2.55 bits per heavy atom. The van der Waals surface area contributed by atoms with Crippen molar-refractivity contribution in [1.29, 1.82) is 0 Å². The van der Waals surface area contributed by atoms with Gasteiger partial charge in [0.1, 0.15) is 11.5 Å². The number of anilines is 3. The third kappa shape index (κ3) is 2.89. The van der Waals surface area contributed by atoms with Gasteiger partial charge < -0.3 is 11.1 Å². The van der Waals surface area contributed by atoms with Gasteiger partial charge in [0.15, 0.2) is 12.1 Å². The molecule has 0 saturated heterocycles. The van der Waals surface area contributed by atoms with E-state index in [1.165, 1.54) is 12.1 Å². The lowest BCUT2D eigenvalue weighted by Gasteiger charge is -2.12. The average Bonchev–Trinajstić information content (AvgIpc) is 2.46. The highest BCUT2D eigenvalue weighted by atomic mass is 79.9. The Balaban J connectivity index is 2.57. The summed E-state index contributed by atoms with van der Waals surface area (Å²) in [4.78, 5) is 20.9. The lowest BCUT2D eigenvalue weighted by Crippen LogP contribution is -2.06. The van der Waals surface area contributed by atoms with E-state index < -0.39 is 33.6 Å². The number of nitrogens with two attached hydrogens (primary N) is 1. The van der Waals surface area contributed by atoms with Gasteiger partial charge in [-0.3, -0.25) is 14.9 Å². The van der Waals surface area contributed by atoms with E-state index in [-0.39, 0.29) is 17.5 Å². The molecule has 2 rings (SSSR count). The summed E-state index contributed by atoms with van der Waals surface area (Å²) in [6.07, 6.45) is 0.217. The zero-order valence-electron chi connectivity index (χ0n) is 10.8. The summed E-state index contributed by atoms with van der Waals surface area (Å²) in [6.45, 7) is 0. The monoisotopic (exact) mass is 371 g/mol. The molecule has 9 heteroatoms. The molecule has 0 aliphatic carbocycles. The maximum atomic E-state index is 14.2. The van der Waals surface area contributed by atoms with Crippen LogP contribution in [0.25, 0.3) is 0 Å². The second kappa shape index (κ2) is 6.06. The minimum atomic E-state index is -1.20. The van der Waals surface area contributed by atoms with Crippen molar-refractivity contribution in [1.82, 2.24) is 0 Å². The van der Waals surface area contributed by atoms with Crippen molar-refractivity contribution in [2.45, 2.75) is 0 Å².